The predicted molar refractivity (Wildman–Crippen MR) is 59.3 cm³/mol. The number of aliphatic carboxylic acids is 1. The summed E-state index contributed by atoms with van der Waals surface area (Å²) in [5.74, 6) is -0.697. The highest BCUT2D eigenvalue weighted by molar-refractivity contribution is 5.76. The van der Waals surface area contributed by atoms with E-state index in [1.165, 1.54) is 6.92 Å². The van der Waals surface area contributed by atoms with Crippen molar-refractivity contribution in [3.05, 3.63) is 0 Å². The minimum absolute atomic E-state index is 0.0703. The van der Waals surface area contributed by atoms with Gasteiger partial charge in [-0.15, -0.1) is 0 Å². The van der Waals surface area contributed by atoms with Crippen LogP contribution in [0.2, 0.25) is 0 Å². The second-order valence-electron chi connectivity index (χ2n) is 4.70. The molecule has 2 atom stereocenters. The second kappa shape index (κ2) is 5.61. The van der Waals surface area contributed by atoms with Crippen LogP contribution in [0.4, 0.5) is 0 Å². The highest BCUT2D eigenvalue weighted by Gasteiger charge is 2.31. The number of hydrogen-bond donors (Lipinski definition) is 3. The molecule has 1 saturated heterocycles. The molecule has 0 amide bonds. The van der Waals surface area contributed by atoms with Gasteiger partial charge in [0.15, 0.2) is 5.60 Å². The standard InChI is InChI=1S/C11H21NO4/c1-8(9-3-5-16-6-4-9)12-7-11(2,15)10(13)14/h8-9,12,15H,3-7H2,1-2H3,(H,13,14). The number of hydrogen-bond acceptors (Lipinski definition) is 4. The van der Waals surface area contributed by atoms with Gasteiger partial charge in [-0.05, 0) is 32.6 Å². The smallest absolute Gasteiger partial charge is 0.336 e. The zero-order chi connectivity index (χ0) is 12.2. The van der Waals surface area contributed by atoms with E-state index in [1.54, 1.807) is 0 Å². The minimum Gasteiger partial charge on any atom is -0.479 e. The Labute approximate surface area is 95.8 Å². The van der Waals surface area contributed by atoms with Crippen LogP contribution in [0, 0.1) is 5.92 Å². The number of rotatable bonds is 5. The normalized spacial score (nSPS) is 23.7. The maximum atomic E-state index is 10.7. The van der Waals surface area contributed by atoms with E-state index in [1.807, 2.05) is 6.92 Å². The summed E-state index contributed by atoms with van der Waals surface area (Å²) in [4.78, 5) is 10.7. The zero-order valence-corrected chi connectivity index (χ0v) is 9.90. The molecule has 5 heteroatoms. The largest absolute Gasteiger partial charge is 0.479 e. The Hall–Kier alpha value is -0.650. The van der Waals surface area contributed by atoms with Gasteiger partial charge in [-0.25, -0.2) is 4.79 Å². The number of carboxylic acids is 1. The third-order valence-electron chi connectivity index (χ3n) is 3.20. The Morgan fingerprint density at radius 1 is 1.56 bits per heavy atom. The molecule has 0 aromatic heterocycles. The van der Waals surface area contributed by atoms with E-state index in [0.717, 1.165) is 26.1 Å². The summed E-state index contributed by atoms with van der Waals surface area (Å²) in [7, 11) is 0. The van der Waals surface area contributed by atoms with E-state index >= 15 is 0 Å². The number of ether oxygens (including phenoxy) is 1. The molecule has 1 heterocycles. The van der Waals surface area contributed by atoms with Crippen LogP contribution in [0.3, 0.4) is 0 Å². The van der Waals surface area contributed by atoms with Crippen LogP contribution in [0.1, 0.15) is 26.7 Å². The topological polar surface area (TPSA) is 78.8 Å². The summed E-state index contributed by atoms with van der Waals surface area (Å²) < 4.78 is 5.26. The summed E-state index contributed by atoms with van der Waals surface area (Å²) in [5.41, 5.74) is -1.70. The molecule has 2 unspecified atom stereocenters. The third kappa shape index (κ3) is 3.73. The Balaban J connectivity index is 2.33. The molecular formula is C11H21NO4. The van der Waals surface area contributed by atoms with E-state index < -0.39 is 11.6 Å². The molecule has 1 aliphatic heterocycles. The van der Waals surface area contributed by atoms with Crippen LogP contribution < -0.4 is 5.32 Å². The number of nitrogens with one attached hydrogen (secondary N) is 1. The molecule has 0 saturated carbocycles. The van der Waals surface area contributed by atoms with Crippen LogP contribution in [-0.4, -0.2) is 47.6 Å². The molecule has 3 N–H and O–H groups in total. The number of carboxylic acid groups (broad SMARTS) is 1. The second-order valence-corrected chi connectivity index (χ2v) is 4.70. The van der Waals surface area contributed by atoms with Gasteiger partial charge in [0.2, 0.25) is 0 Å². The molecule has 1 rings (SSSR count). The average Bonchev–Trinajstić information content (AvgIpc) is 2.27. The van der Waals surface area contributed by atoms with Crippen molar-refractivity contribution in [1.82, 2.24) is 5.32 Å². The van der Waals surface area contributed by atoms with Crippen molar-refractivity contribution < 1.29 is 19.7 Å². The van der Waals surface area contributed by atoms with Gasteiger partial charge < -0.3 is 20.3 Å². The van der Waals surface area contributed by atoms with Gasteiger partial charge in [0.05, 0.1) is 0 Å². The SMILES string of the molecule is CC(NCC(C)(O)C(=O)O)C1CCOCC1. The lowest BCUT2D eigenvalue weighted by Crippen LogP contribution is -2.49. The maximum absolute atomic E-state index is 10.7. The molecule has 94 valence electrons. The number of carbonyl (C=O) groups is 1. The Morgan fingerprint density at radius 2 is 2.12 bits per heavy atom. The first-order valence-corrected chi connectivity index (χ1v) is 5.70. The Bertz CT molecular complexity index is 236. The van der Waals surface area contributed by atoms with Crippen molar-refractivity contribution in [3.8, 4) is 0 Å². The van der Waals surface area contributed by atoms with E-state index in [4.69, 9.17) is 9.84 Å². The summed E-state index contributed by atoms with van der Waals surface area (Å²) in [6.45, 7) is 4.94. The fourth-order valence-corrected chi connectivity index (χ4v) is 1.82. The molecule has 0 spiro atoms. The van der Waals surface area contributed by atoms with E-state index in [9.17, 15) is 9.90 Å². The highest BCUT2D eigenvalue weighted by atomic mass is 16.5. The van der Waals surface area contributed by atoms with Crippen molar-refractivity contribution >= 4 is 5.97 Å². The molecule has 0 aliphatic carbocycles. The Morgan fingerprint density at radius 3 is 2.62 bits per heavy atom. The maximum Gasteiger partial charge on any atom is 0.336 e. The third-order valence-corrected chi connectivity index (χ3v) is 3.20. The first kappa shape index (κ1) is 13.4. The molecule has 0 aromatic rings. The zero-order valence-electron chi connectivity index (χ0n) is 9.90. The average molecular weight is 231 g/mol. The minimum atomic E-state index is -1.70. The summed E-state index contributed by atoms with van der Waals surface area (Å²) >= 11 is 0. The fourth-order valence-electron chi connectivity index (χ4n) is 1.82. The van der Waals surface area contributed by atoms with Crippen molar-refractivity contribution in [2.75, 3.05) is 19.8 Å². The quantitative estimate of drug-likeness (QED) is 0.631. The molecule has 0 radical (unpaired) electrons. The Kier molecular flexibility index (Phi) is 4.70. The van der Waals surface area contributed by atoms with Crippen molar-refractivity contribution in [2.45, 2.75) is 38.3 Å². The predicted octanol–water partition coefficient (Wildman–Crippen LogP) is 0.227. The van der Waals surface area contributed by atoms with Crippen LogP contribution in [-0.2, 0) is 9.53 Å². The molecule has 0 aromatic carbocycles. The molecule has 1 aliphatic rings. The van der Waals surface area contributed by atoms with Crippen molar-refractivity contribution in [2.24, 2.45) is 5.92 Å². The molecule has 16 heavy (non-hydrogen) atoms. The first-order chi connectivity index (χ1) is 7.43. The van der Waals surface area contributed by atoms with E-state index in [-0.39, 0.29) is 12.6 Å². The van der Waals surface area contributed by atoms with E-state index in [0.29, 0.717) is 5.92 Å². The van der Waals surface area contributed by atoms with Crippen molar-refractivity contribution in [1.29, 1.82) is 0 Å². The summed E-state index contributed by atoms with van der Waals surface area (Å²) in [6.07, 6.45) is 1.98. The van der Waals surface area contributed by atoms with Gasteiger partial charge in [-0.2, -0.15) is 0 Å². The molecular weight excluding hydrogens is 210 g/mol. The van der Waals surface area contributed by atoms with Gasteiger partial charge in [-0.3, -0.25) is 0 Å². The highest BCUT2D eigenvalue weighted by Crippen LogP contribution is 2.18. The molecule has 5 nitrogen and oxygen atoms in total. The van der Waals surface area contributed by atoms with Gasteiger partial charge >= 0.3 is 5.97 Å². The van der Waals surface area contributed by atoms with Gasteiger partial charge in [0.1, 0.15) is 0 Å². The number of aliphatic hydroxyl groups is 1. The van der Waals surface area contributed by atoms with Crippen molar-refractivity contribution in [3.63, 3.8) is 0 Å². The molecule has 0 bridgehead atoms. The van der Waals surface area contributed by atoms with E-state index in [2.05, 4.69) is 5.32 Å². The summed E-state index contributed by atoms with van der Waals surface area (Å²) in [5, 5.41) is 21.4. The monoisotopic (exact) mass is 231 g/mol. The van der Waals surface area contributed by atoms with Crippen LogP contribution in [0.5, 0.6) is 0 Å². The lowest BCUT2D eigenvalue weighted by molar-refractivity contribution is -0.156. The molecule has 1 fully saturated rings. The van der Waals surface area contributed by atoms with Crippen LogP contribution >= 0.6 is 0 Å². The van der Waals surface area contributed by atoms with Gasteiger partial charge in [-0.1, -0.05) is 0 Å². The lowest BCUT2D eigenvalue weighted by atomic mass is 9.92. The summed E-state index contributed by atoms with van der Waals surface area (Å²) in [6, 6.07) is 0.203. The fraction of sp³-hybridized carbons (Fsp3) is 0.909. The van der Waals surface area contributed by atoms with Gasteiger partial charge in [0.25, 0.3) is 0 Å². The van der Waals surface area contributed by atoms with Crippen LogP contribution in [0.25, 0.3) is 0 Å². The van der Waals surface area contributed by atoms with Gasteiger partial charge in [0, 0.05) is 25.8 Å². The lowest BCUT2D eigenvalue weighted by Gasteiger charge is -2.30. The van der Waals surface area contributed by atoms with Crippen LogP contribution in [0.15, 0.2) is 0 Å². The first-order valence-electron chi connectivity index (χ1n) is 5.70.